The van der Waals surface area contributed by atoms with Crippen LogP contribution < -0.4 is 0 Å². The average molecular weight is 207 g/mol. The zero-order valence-corrected chi connectivity index (χ0v) is 7.68. The molecule has 1 fully saturated rings. The zero-order chi connectivity index (χ0) is 10.7. The van der Waals surface area contributed by atoms with Gasteiger partial charge in [0.05, 0.1) is 23.8 Å². The molecule has 15 heavy (non-hydrogen) atoms. The number of aliphatic carboxylic acids is 1. The normalized spacial score (nSPS) is 41.5. The van der Waals surface area contributed by atoms with E-state index in [-0.39, 0.29) is 41.1 Å². The first-order valence-corrected chi connectivity index (χ1v) is 4.70. The third-order valence-corrected chi connectivity index (χ3v) is 3.29. The summed E-state index contributed by atoms with van der Waals surface area (Å²) in [5.41, 5.74) is -0.256. The van der Waals surface area contributed by atoms with Crippen molar-refractivity contribution in [3.8, 4) is 0 Å². The fourth-order valence-electron chi connectivity index (χ4n) is 2.67. The number of nitrogens with one attached hydrogen (secondary N) is 1. The molecule has 2 heterocycles. The van der Waals surface area contributed by atoms with Gasteiger partial charge in [0.15, 0.2) is 0 Å². The van der Waals surface area contributed by atoms with Crippen molar-refractivity contribution in [2.24, 2.45) is 11.8 Å². The van der Waals surface area contributed by atoms with Crippen LogP contribution in [0, 0.1) is 17.2 Å². The molecule has 3 rings (SSSR count). The highest BCUT2D eigenvalue weighted by Gasteiger charge is 2.56. The Morgan fingerprint density at radius 3 is 2.47 bits per heavy atom. The Labute approximate surface area is 85.2 Å². The highest BCUT2D eigenvalue weighted by Crippen LogP contribution is 2.48. The molecule has 3 N–H and O–H groups in total. The summed E-state index contributed by atoms with van der Waals surface area (Å²) >= 11 is 0. The zero-order valence-electron chi connectivity index (χ0n) is 7.68. The first-order valence-electron chi connectivity index (χ1n) is 4.70. The number of aliphatic hydroxyl groups excluding tert-OH is 1. The van der Waals surface area contributed by atoms with Gasteiger partial charge < -0.3 is 20.4 Å². The molecule has 2 aliphatic heterocycles. The number of fused-ring (bicyclic) bond motifs is 5. The Hall–Kier alpha value is -1.62. The molecular weight excluding hydrogens is 198 g/mol. The summed E-state index contributed by atoms with van der Waals surface area (Å²) in [5.74, 6) is -2.11. The molecule has 5 heteroatoms. The number of carboxylic acid groups (broad SMARTS) is 1. The maximum absolute atomic E-state index is 10.9. The molecular formula is C10H9NO4. The van der Waals surface area contributed by atoms with Crippen LogP contribution in [0.2, 0.25) is 0 Å². The molecule has 0 spiro atoms. The third-order valence-electron chi connectivity index (χ3n) is 3.29. The number of hydrogen-bond donors (Lipinski definition) is 3. The Morgan fingerprint density at radius 2 is 1.93 bits per heavy atom. The Balaban J connectivity index is 2.10. The van der Waals surface area contributed by atoms with Crippen LogP contribution in [0.1, 0.15) is 0 Å². The standard InChI is InChI=1S/C10H9NO4/c11-8-5-3-1-2-4(15-3)6(5)9(12)7(8)10(13)14/h1-6,11-12H,(H,13,14). The molecule has 5 nitrogen and oxygen atoms in total. The Kier molecular flexibility index (Phi) is 1.44. The molecule has 2 bridgehead atoms. The minimum atomic E-state index is -1.23. The van der Waals surface area contributed by atoms with Gasteiger partial charge in [0, 0.05) is 5.92 Å². The van der Waals surface area contributed by atoms with Gasteiger partial charge in [-0.3, -0.25) is 0 Å². The Morgan fingerprint density at radius 1 is 1.33 bits per heavy atom. The van der Waals surface area contributed by atoms with Crippen LogP contribution in [-0.4, -0.2) is 34.1 Å². The van der Waals surface area contributed by atoms with Crippen molar-refractivity contribution >= 4 is 11.7 Å². The molecule has 4 unspecified atom stereocenters. The van der Waals surface area contributed by atoms with E-state index in [9.17, 15) is 9.90 Å². The second-order valence-electron chi connectivity index (χ2n) is 3.98. The van der Waals surface area contributed by atoms with Crippen molar-refractivity contribution in [1.82, 2.24) is 0 Å². The molecule has 0 aromatic heterocycles. The first-order chi connectivity index (χ1) is 7.11. The van der Waals surface area contributed by atoms with E-state index in [0.717, 1.165) is 0 Å². The van der Waals surface area contributed by atoms with E-state index in [1.165, 1.54) is 0 Å². The Bertz CT molecular complexity index is 437. The molecule has 0 radical (unpaired) electrons. The molecule has 1 saturated heterocycles. The topological polar surface area (TPSA) is 90.6 Å². The summed E-state index contributed by atoms with van der Waals surface area (Å²) in [6.45, 7) is 0. The summed E-state index contributed by atoms with van der Waals surface area (Å²) in [7, 11) is 0. The highest BCUT2D eigenvalue weighted by molar-refractivity contribution is 6.21. The van der Waals surface area contributed by atoms with Crippen LogP contribution >= 0.6 is 0 Å². The van der Waals surface area contributed by atoms with Gasteiger partial charge in [-0.15, -0.1) is 0 Å². The molecule has 1 aliphatic carbocycles. The van der Waals surface area contributed by atoms with Crippen LogP contribution in [0.15, 0.2) is 23.5 Å². The van der Waals surface area contributed by atoms with Gasteiger partial charge >= 0.3 is 5.97 Å². The SMILES string of the molecule is N=C1C(C(=O)O)=C(O)C2C3C=CC(O3)C12. The first kappa shape index (κ1) is 8.67. The second kappa shape index (κ2) is 2.49. The van der Waals surface area contributed by atoms with Crippen LogP contribution in [0.25, 0.3) is 0 Å². The maximum atomic E-state index is 10.9. The predicted octanol–water partition coefficient (Wildman–Crippen LogP) is 0.486. The van der Waals surface area contributed by atoms with Crippen LogP contribution in [0.3, 0.4) is 0 Å². The molecule has 0 aromatic carbocycles. The summed E-state index contributed by atoms with van der Waals surface area (Å²) < 4.78 is 5.47. The quantitative estimate of drug-likeness (QED) is 0.545. The van der Waals surface area contributed by atoms with E-state index in [1.807, 2.05) is 12.2 Å². The predicted molar refractivity (Wildman–Crippen MR) is 49.8 cm³/mol. The molecule has 0 aromatic rings. The van der Waals surface area contributed by atoms with Crippen molar-refractivity contribution in [1.29, 1.82) is 5.41 Å². The van der Waals surface area contributed by atoms with Crippen LogP contribution in [0.5, 0.6) is 0 Å². The summed E-state index contributed by atoms with van der Waals surface area (Å²) in [6, 6.07) is 0. The number of ether oxygens (including phenoxy) is 1. The molecule has 0 saturated carbocycles. The lowest BCUT2D eigenvalue weighted by Crippen LogP contribution is -2.26. The average Bonchev–Trinajstić information content (AvgIpc) is 2.79. The van der Waals surface area contributed by atoms with Crippen molar-refractivity contribution < 1.29 is 19.7 Å². The minimum absolute atomic E-state index is 0.0122. The fourth-order valence-corrected chi connectivity index (χ4v) is 2.67. The van der Waals surface area contributed by atoms with Crippen molar-refractivity contribution in [2.45, 2.75) is 12.2 Å². The largest absolute Gasteiger partial charge is 0.511 e. The fraction of sp³-hybridized carbons (Fsp3) is 0.400. The summed E-state index contributed by atoms with van der Waals surface area (Å²) in [5, 5.41) is 26.4. The van der Waals surface area contributed by atoms with E-state index in [4.69, 9.17) is 15.3 Å². The highest BCUT2D eigenvalue weighted by atomic mass is 16.5. The van der Waals surface area contributed by atoms with E-state index < -0.39 is 5.97 Å². The minimum Gasteiger partial charge on any atom is -0.511 e. The molecule has 4 atom stereocenters. The van der Waals surface area contributed by atoms with E-state index in [2.05, 4.69) is 0 Å². The van der Waals surface area contributed by atoms with Crippen LogP contribution in [0.4, 0.5) is 0 Å². The number of carbonyl (C=O) groups is 1. The van der Waals surface area contributed by atoms with Crippen LogP contribution in [-0.2, 0) is 9.53 Å². The third kappa shape index (κ3) is 0.860. The molecule has 78 valence electrons. The van der Waals surface area contributed by atoms with Gasteiger partial charge in [0.2, 0.25) is 0 Å². The maximum Gasteiger partial charge on any atom is 0.340 e. The van der Waals surface area contributed by atoms with E-state index in [1.54, 1.807) is 0 Å². The lowest BCUT2D eigenvalue weighted by molar-refractivity contribution is -0.132. The number of aliphatic hydroxyl groups is 1. The summed E-state index contributed by atoms with van der Waals surface area (Å²) in [4.78, 5) is 10.9. The van der Waals surface area contributed by atoms with Crippen molar-refractivity contribution in [3.05, 3.63) is 23.5 Å². The summed E-state index contributed by atoms with van der Waals surface area (Å²) in [6.07, 6.45) is 3.14. The number of rotatable bonds is 1. The monoisotopic (exact) mass is 207 g/mol. The van der Waals surface area contributed by atoms with Gasteiger partial charge in [-0.2, -0.15) is 0 Å². The van der Waals surface area contributed by atoms with E-state index in [0.29, 0.717) is 0 Å². The van der Waals surface area contributed by atoms with Gasteiger partial charge in [0.1, 0.15) is 11.3 Å². The lowest BCUT2D eigenvalue weighted by Gasteiger charge is -2.16. The second-order valence-corrected chi connectivity index (χ2v) is 3.98. The lowest BCUT2D eigenvalue weighted by atomic mass is 9.84. The smallest absolute Gasteiger partial charge is 0.340 e. The van der Waals surface area contributed by atoms with E-state index >= 15 is 0 Å². The van der Waals surface area contributed by atoms with Crippen molar-refractivity contribution in [3.63, 3.8) is 0 Å². The number of hydrogen-bond acceptors (Lipinski definition) is 4. The van der Waals surface area contributed by atoms with Crippen molar-refractivity contribution in [2.75, 3.05) is 0 Å². The van der Waals surface area contributed by atoms with Gasteiger partial charge in [0.25, 0.3) is 0 Å². The van der Waals surface area contributed by atoms with Gasteiger partial charge in [-0.05, 0) is 0 Å². The molecule has 0 amide bonds. The molecule has 3 aliphatic rings. The number of carboxylic acids is 1. The van der Waals surface area contributed by atoms with Gasteiger partial charge in [-0.1, -0.05) is 12.2 Å². The van der Waals surface area contributed by atoms with Gasteiger partial charge in [-0.25, -0.2) is 4.79 Å².